The Labute approximate surface area is 97.2 Å². The maximum absolute atomic E-state index is 10.8. The minimum absolute atomic E-state index is 0.187. The van der Waals surface area contributed by atoms with Crippen molar-refractivity contribution in [3.05, 3.63) is 0 Å². The lowest BCUT2D eigenvalue weighted by molar-refractivity contribution is -0.138. The molecule has 4 heteroatoms. The van der Waals surface area contributed by atoms with Crippen molar-refractivity contribution in [1.29, 1.82) is 0 Å². The zero-order valence-electron chi connectivity index (χ0n) is 10.2. The molecule has 0 aromatic heterocycles. The summed E-state index contributed by atoms with van der Waals surface area (Å²) in [5, 5.41) is 8.87. The zero-order chi connectivity index (χ0) is 11.7. The fraction of sp³-hybridized carbons (Fsp3) is 0.917. The maximum Gasteiger partial charge on any atom is 0.317 e. The summed E-state index contributed by atoms with van der Waals surface area (Å²) in [6.45, 7) is 6.40. The highest BCUT2D eigenvalue weighted by atomic mass is 16.4. The zero-order valence-corrected chi connectivity index (χ0v) is 10.2. The molecule has 0 radical (unpaired) electrons. The van der Waals surface area contributed by atoms with Crippen LogP contribution in [0.5, 0.6) is 0 Å². The molecule has 2 atom stereocenters. The van der Waals surface area contributed by atoms with Crippen LogP contribution in [0.2, 0.25) is 0 Å². The van der Waals surface area contributed by atoms with E-state index in [1.165, 1.54) is 12.8 Å². The summed E-state index contributed by atoms with van der Waals surface area (Å²) in [7, 11) is 0. The van der Waals surface area contributed by atoms with Crippen molar-refractivity contribution < 1.29 is 9.90 Å². The van der Waals surface area contributed by atoms with Crippen LogP contribution < -0.4 is 0 Å². The number of likely N-dealkylation sites (tertiary alicyclic amines) is 1. The van der Waals surface area contributed by atoms with Crippen LogP contribution in [-0.2, 0) is 4.79 Å². The summed E-state index contributed by atoms with van der Waals surface area (Å²) in [5.41, 5.74) is 0. The SMILES string of the molecule is CCN(CC(=O)O)C1CC(C)N(C2CC2)C1. The second-order valence-corrected chi connectivity index (χ2v) is 5.12. The van der Waals surface area contributed by atoms with E-state index < -0.39 is 5.97 Å². The van der Waals surface area contributed by atoms with Gasteiger partial charge in [-0.2, -0.15) is 0 Å². The molecule has 1 heterocycles. The lowest BCUT2D eigenvalue weighted by atomic mass is 10.1. The van der Waals surface area contributed by atoms with Gasteiger partial charge in [-0.05, 0) is 32.7 Å². The van der Waals surface area contributed by atoms with Gasteiger partial charge >= 0.3 is 5.97 Å². The molecule has 1 N–H and O–H groups in total. The summed E-state index contributed by atoms with van der Waals surface area (Å²) in [6, 6.07) is 1.86. The topological polar surface area (TPSA) is 43.8 Å². The molecular weight excluding hydrogens is 204 g/mol. The molecule has 2 fully saturated rings. The van der Waals surface area contributed by atoms with Gasteiger partial charge in [0.25, 0.3) is 0 Å². The highest BCUT2D eigenvalue weighted by Crippen LogP contribution is 2.34. The summed E-state index contributed by atoms with van der Waals surface area (Å²) < 4.78 is 0. The van der Waals surface area contributed by atoms with Crippen LogP contribution >= 0.6 is 0 Å². The van der Waals surface area contributed by atoms with Crippen molar-refractivity contribution in [2.75, 3.05) is 19.6 Å². The molecule has 0 spiro atoms. The molecule has 2 aliphatic rings. The van der Waals surface area contributed by atoms with Gasteiger partial charge in [-0.25, -0.2) is 0 Å². The second-order valence-electron chi connectivity index (χ2n) is 5.12. The van der Waals surface area contributed by atoms with Crippen LogP contribution in [0.4, 0.5) is 0 Å². The normalized spacial score (nSPS) is 31.2. The van der Waals surface area contributed by atoms with Crippen LogP contribution in [0.1, 0.15) is 33.1 Å². The fourth-order valence-electron chi connectivity index (χ4n) is 2.88. The Hall–Kier alpha value is -0.610. The number of carboxylic acids is 1. The van der Waals surface area contributed by atoms with Crippen LogP contribution in [0.3, 0.4) is 0 Å². The monoisotopic (exact) mass is 226 g/mol. The van der Waals surface area contributed by atoms with Crippen molar-refractivity contribution in [3.8, 4) is 0 Å². The predicted molar refractivity (Wildman–Crippen MR) is 62.5 cm³/mol. The number of carboxylic acid groups (broad SMARTS) is 1. The number of hydrogen-bond acceptors (Lipinski definition) is 3. The van der Waals surface area contributed by atoms with Gasteiger partial charge in [-0.3, -0.25) is 14.6 Å². The van der Waals surface area contributed by atoms with Crippen LogP contribution in [0.25, 0.3) is 0 Å². The molecule has 92 valence electrons. The van der Waals surface area contributed by atoms with Gasteiger partial charge in [0.15, 0.2) is 0 Å². The van der Waals surface area contributed by atoms with Crippen LogP contribution in [-0.4, -0.2) is 58.6 Å². The molecule has 0 amide bonds. The quantitative estimate of drug-likeness (QED) is 0.760. The van der Waals surface area contributed by atoms with Crippen molar-refractivity contribution >= 4 is 5.97 Å². The largest absolute Gasteiger partial charge is 0.480 e. The van der Waals surface area contributed by atoms with E-state index in [4.69, 9.17) is 5.11 Å². The first-order valence-electron chi connectivity index (χ1n) is 6.33. The Morgan fingerprint density at radius 2 is 2.19 bits per heavy atom. The average molecular weight is 226 g/mol. The van der Waals surface area contributed by atoms with E-state index >= 15 is 0 Å². The lowest BCUT2D eigenvalue weighted by Crippen LogP contribution is -2.41. The first-order chi connectivity index (χ1) is 7.61. The lowest BCUT2D eigenvalue weighted by Gasteiger charge is -2.25. The number of likely N-dealkylation sites (N-methyl/N-ethyl adjacent to an activating group) is 1. The van der Waals surface area contributed by atoms with Gasteiger partial charge in [0, 0.05) is 24.7 Å². The van der Waals surface area contributed by atoms with E-state index in [1.54, 1.807) is 0 Å². The number of hydrogen-bond donors (Lipinski definition) is 1. The van der Waals surface area contributed by atoms with Crippen LogP contribution in [0.15, 0.2) is 0 Å². The number of carbonyl (C=O) groups is 1. The molecule has 1 saturated heterocycles. The molecule has 0 bridgehead atoms. The molecule has 1 aliphatic heterocycles. The van der Waals surface area contributed by atoms with Crippen molar-refractivity contribution in [3.63, 3.8) is 0 Å². The van der Waals surface area contributed by atoms with E-state index in [0.717, 1.165) is 25.6 Å². The molecule has 16 heavy (non-hydrogen) atoms. The number of rotatable bonds is 5. The van der Waals surface area contributed by atoms with Gasteiger partial charge in [0.2, 0.25) is 0 Å². The Balaban J connectivity index is 1.91. The first-order valence-corrected chi connectivity index (χ1v) is 6.33. The Bertz CT molecular complexity index is 266. The molecule has 0 aromatic carbocycles. The molecular formula is C12H22N2O2. The molecule has 1 aliphatic carbocycles. The third-order valence-electron chi connectivity index (χ3n) is 3.88. The molecule has 0 aromatic rings. The Morgan fingerprint density at radius 1 is 1.50 bits per heavy atom. The minimum Gasteiger partial charge on any atom is -0.480 e. The van der Waals surface area contributed by atoms with E-state index in [-0.39, 0.29) is 6.54 Å². The highest BCUT2D eigenvalue weighted by molar-refractivity contribution is 5.69. The summed E-state index contributed by atoms with van der Waals surface area (Å²) in [4.78, 5) is 15.4. The third-order valence-corrected chi connectivity index (χ3v) is 3.88. The van der Waals surface area contributed by atoms with Crippen molar-refractivity contribution in [2.24, 2.45) is 0 Å². The van der Waals surface area contributed by atoms with Gasteiger partial charge in [0.05, 0.1) is 6.54 Å². The number of nitrogens with zero attached hydrogens (tertiary/aromatic N) is 2. The smallest absolute Gasteiger partial charge is 0.317 e. The predicted octanol–water partition coefficient (Wildman–Crippen LogP) is 1.02. The molecule has 2 unspecified atom stereocenters. The highest BCUT2D eigenvalue weighted by Gasteiger charge is 2.40. The van der Waals surface area contributed by atoms with Crippen LogP contribution in [0, 0.1) is 0 Å². The minimum atomic E-state index is -0.709. The van der Waals surface area contributed by atoms with E-state index in [2.05, 4.69) is 16.7 Å². The fourth-order valence-corrected chi connectivity index (χ4v) is 2.88. The Morgan fingerprint density at radius 3 is 2.69 bits per heavy atom. The average Bonchev–Trinajstić information content (AvgIpc) is 2.99. The van der Waals surface area contributed by atoms with Gasteiger partial charge in [0.1, 0.15) is 0 Å². The Kier molecular flexibility index (Phi) is 3.50. The standard InChI is InChI=1S/C12H22N2O2/c1-3-13(8-12(15)16)11-6-9(2)14(7-11)10-4-5-10/h9-11H,3-8H2,1-2H3,(H,15,16). The molecule has 1 saturated carbocycles. The van der Waals surface area contributed by atoms with E-state index in [1.807, 2.05) is 6.92 Å². The van der Waals surface area contributed by atoms with Crippen molar-refractivity contribution in [2.45, 2.75) is 51.2 Å². The van der Waals surface area contributed by atoms with E-state index in [0.29, 0.717) is 12.1 Å². The summed E-state index contributed by atoms with van der Waals surface area (Å²) in [6.07, 6.45) is 3.79. The third kappa shape index (κ3) is 2.55. The molecule has 4 nitrogen and oxygen atoms in total. The number of aliphatic carboxylic acids is 1. The maximum atomic E-state index is 10.8. The van der Waals surface area contributed by atoms with Gasteiger partial charge < -0.3 is 5.11 Å². The van der Waals surface area contributed by atoms with E-state index in [9.17, 15) is 4.79 Å². The molecule has 2 rings (SSSR count). The second kappa shape index (κ2) is 4.72. The van der Waals surface area contributed by atoms with Gasteiger partial charge in [-0.1, -0.05) is 6.92 Å². The summed E-state index contributed by atoms with van der Waals surface area (Å²) in [5.74, 6) is -0.709. The first kappa shape index (κ1) is 11.9. The van der Waals surface area contributed by atoms with Crippen molar-refractivity contribution in [1.82, 2.24) is 9.80 Å². The summed E-state index contributed by atoms with van der Waals surface area (Å²) >= 11 is 0. The van der Waals surface area contributed by atoms with Gasteiger partial charge in [-0.15, -0.1) is 0 Å².